The van der Waals surface area contributed by atoms with Gasteiger partial charge in [0.2, 0.25) is 5.91 Å². The molecule has 5 heteroatoms. The third-order valence-corrected chi connectivity index (χ3v) is 8.23. The number of hydrogen-bond donors (Lipinski definition) is 1. The lowest BCUT2D eigenvalue weighted by Gasteiger charge is -2.38. The molecule has 1 spiro atoms. The molecular formula is C26H36BNO3. The molecule has 0 aromatic heterocycles. The third-order valence-electron chi connectivity index (χ3n) is 8.23. The molecule has 1 amide bonds. The van der Waals surface area contributed by atoms with E-state index in [1.165, 1.54) is 30.4 Å². The normalized spacial score (nSPS) is 28.4. The maximum absolute atomic E-state index is 12.1. The van der Waals surface area contributed by atoms with Crippen LogP contribution < -0.4 is 10.8 Å². The molecule has 1 aromatic carbocycles. The largest absolute Gasteiger partial charge is 0.494 e. The molecule has 0 unspecified atom stereocenters. The summed E-state index contributed by atoms with van der Waals surface area (Å²) in [5.41, 5.74) is 3.77. The fourth-order valence-corrected chi connectivity index (χ4v) is 5.53. The van der Waals surface area contributed by atoms with E-state index in [0.29, 0.717) is 30.7 Å². The minimum absolute atomic E-state index is 0.148. The van der Waals surface area contributed by atoms with Crippen molar-refractivity contribution in [2.75, 3.05) is 6.54 Å². The number of amides is 1. The average Bonchev–Trinajstić information content (AvgIpc) is 3.17. The third kappa shape index (κ3) is 4.30. The van der Waals surface area contributed by atoms with Crippen molar-refractivity contribution in [1.29, 1.82) is 0 Å². The van der Waals surface area contributed by atoms with E-state index in [2.05, 4.69) is 57.1 Å². The number of carbonyl (C=O) groups excluding carboxylic acids is 1. The topological polar surface area (TPSA) is 47.6 Å². The maximum atomic E-state index is 12.1. The Balaban J connectivity index is 1.39. The Labute approximate surface area is 188 Å². The van der Waals surface area contributed by atoms with E-state index in [1.807, 2.05) is 0 Å². The summed E-state index contributed by atoms with van der Waals surface area (Å²) in [6, 6.07) is 6.85. The van der Waals surface area contributed by atoms with Crippen LogP contribution in [0.25, 0.3) is 0 Å². The van der Waals surface area contributed by atoms with Gasteiger partial charge in [-0.05, 0) is 94.1 Å². The van der Waals surface area contributed by atoms with Gasteiger partial charge in [0.15, 0.2) is 0 Å². The second kappa shape index (κ2) is 8.30. The molecule has 2 fully saturated rings. The maximum Gasteiger partial charge on any atom is 0.494 e. The Kier molecular flexibility index (Phi) is 6.00. The molecule has 1 N–H and O–H groups in total. The van der Waals surface area contributed by atoms with Gasteiger partial charge in [-0.1, -0.05) is 18.2 Å². The predicted molar refractivity (Wildman–Crippen MR) is 125 cm³/mol. The monoisotopic (exact) mass is 421 g/mol. The molecule has 1 heterocycles. The van der Waals surface area contributed by atoms with Crippen molar-refractivity contribution in [2.24, 2.45) is 5.92 Å². The van der Waals surface area contributed by atoms with Gasteiger partial charge in [-0.25, -0.2) is 0 Å². The summed E-state index contributed by atoms with van der Waals surface area (Å²) in [4.78, 5) is 12.1. The van der Waals surface area contributed by atoms with Crippen molar-refractivity contribution in [1.82, 2.24) is 5.32 Å². The summed E-state index contributed by atoms with van der Waals surface area (Å²) in [5.74, 6) is 3.21. The van der Waals surface area contributed by atoms with Gasteiger partial charge in [0.05, 0.1) is 11.2 Å². The molecule has 1 saturated heterocycles. The minimum Gasteiger partial charge on any atom is -0.399 e. The summed E-state index contributed by atoms with van der Waals surface area (Å²) < 4.78 is 12.5. The number of benzene rings is 1. The number of nitrogens with one attached hydrogen (secondary N) is 1. The van der Waals surface area contributed by atoms with Crippen LogP contribution in [0.2, 0.25) is 0 Å². The molecule has 0 radical (unpaired) electrons. The quantitative estimate of drug-likeness (QED) is 0.446. The minimum atomic E-state index is -0.316. The van der Waals surface area contributed by atoms with Crippen LogP contribution in [0.4, 0.5) is 0 Å². The van der Waals surface area contributed by atoms with Crippen LogP contribution in [0.3, 0.4) is 0 Å². The molecule has 0 bridgehead atoms. The van der Waals surface area contributed by atoms with Gasteiger partial charge in [-0.15, -0.1) is 12.3 Å². The number of carbonyl (C=O) groups is 1. The predicted octanol–water partition coefficient (Wildman–Crippen LogP) is 3.89. The van der Waals surface area contributed by atoms with Gasteiger partial charge in [0.25, 0.3) is 0 Å². The second-order valence-electron chi connectivity index (χ2n) is 10.7. The van der Waals surface area contributed by atoms with Crippen LogP contribution in [0.5, 0.6) is 0 Å². The van der Waals surface area contributed by atoms with Crippen LogP contribution in [-0.2, 0) is 25.9 Å². The lowest BCUT2D eigenvalue weighted by atomic mass is 9.66. The molecule has 1 aromatic rings. The Morgan fingerprint density at radius 2 is 1.84 bits per heavy atom. The number of terminal acetylenes is 1. The first-order valence-corrected chi connectivity index (χ1v) is 11.8. The Morgan fingerprint density at radius 3 is 2.48 bits per heavy atom. The SMILES string of the molecule is C#CCCNC(=O)C[C@H]1CC[C@@]2(CCc3cc(B4OC(C)(C)C(C)(C)O4)ccc32)CC1. The van der Waals surface area contributed by atoms with E-state index in [0.717, 1.165) is 24.7 Å². The number of rotatable bonds is 5. The number of aryl methyl sites for hydroxylation is 1. The highest BCUT2D eigenvalue weighted by atomic mass is 16.7. The molecule has 166 valence electrons. The summed E-state index contributed by atoms with van der Waals surface area (Å²) in [7, 11) is -0.296. The van der Waals surface area contributed by atoms with Crippen molar-refractivity contribution in [3.05, 3.63) is 29.3 Å². The molecule has 1 saturated carbocycles. The van der Waals surface area contributed by atoms with Gasteiger partial charge in [-0.2, -0.15) is 0 Å². The zero-order valence-corrected chi connectivity index (χ0v) is 19.6. The smallest absolute Gasteiger partial charge is 0.399 e. The average molecular weight is 421 g/mol. The van der Waals surface area contributed by atoms with Crippen LogP contribution >= 0.6 is 0 Å². The first-order valence-electron chi connectivity index (χ1n) is 11.8. The molecule has 3 aliphatic rings. The molecule has 4 rings (SSSR count). The van der Waals surface area contributed by atoms with Crippen molar-refractivity contribution >= 4 is 18.5 Å². The van der Waals surface area contributed by atoms with E-state index < -0.39 is 0 Å². The molecular weight excluding hydrogens is 385 g/mol. The second-order valence-corrected chi connectivity index (χ2v) is 10.7. The zero-order chi connectivity index (χ0) is 22.3. The van der Waals surface area contributed by atoms with E-state index >= 15 is 0 Å². The fourth-order valence-electron chi connectivity index (χ4n) is 5.53. The van der Waals surface area contributed by atoms with Crippen LogP contribution in [-0.4, -0.2) is 30.8 Å². The summed E-state index contributed by atoms with van der Waals surface area (Å²) >= 11 is 0. The fraction of sp³-hybridized carbons (Fsp3) is 0.654. The Bertz CT molecular complexity index is 861. The lowest BCUT2D eigenvalue weighted by molar-refractivity contribution is -0.122. The van der Waals surface area contributed by atoms with Crippen molar-refractivity contribution < 1.29 is 14.1 Å². The first-order chi connectivity index (χ1) is 14.7. The van der Waals surface area contributed by atoms with Crippen molar-refractivity contribution in [2.45, 2.75) is 95.7 Å². The highest BCUT2D eigenvalue weighted by molar-refractivity contribution is 6.62. The summed E-state index contributed by atoms with van der Waals surface area (Å²) in [6.45, 7) is 8.99. The Hall–Kier alpha value is -1.77. The highest BCUT2D eigenvalue weighted by Crippen LogP contribution is 2.50. The number of fused-ring (bicyclic) bond motifs is 2. The highest BCUT2D eigenvalue weighted by Gasteiger charge is 2.52. The van der Waals surface area contributed by atoms with E-state index in [-0.39, 0.29) is 24.2 Å². The Morgan fingerprint density at radius 1 is 1.16 bits per heavy atom. The number of hydrogen-bond acceptors (Lipinski definition) is 3. The molecule has 4 nitrogen and oxygen atoms in total. The molecule has 2 aliphatic carbocycles. The van der Waals surface area contributed by atoms with Crippen molar-refractivity contribution in [3.63, 3.8) is 0 Å². The van der Waals surface area contributed by atoms with Gasteiger partial charge in [0, 0.05) is 19.4 Å². The molecule has 31 heavy (non-hydrogen) atoms. The van der Waals surface area contributed by atoms with Gasteiger partial charge >= 0.3 is 7.12 Å². The van der Waals surface area contributed by atoms with Crippen molar-refractivity contribution in [3.8, 4) is 12.3 Å². The first kappa shape index (κ1) is 22.4. The van der Waals surface area contributed by atoms with Gasteiger partial charge in [-0.3, -0.25) is 4.79 Å². The van der Waals surface area contributed by atoms with E-state index in [4.69, 9.17) is 15.7 Å². The van der Waals surface area contributed by atoms with Gasteiger partial charge < -0.3 is 14.6 Å². The standard InChI is InChI=1S/C26H36BNO3/c1-6-7-16-28-23(29)17-19-10-13-26(14-11-19)15-12-20-18-21(8-9-22(20)26)27-30-24(2,3)25(4,5)31-27/h1,8-9,18-19H,7,10-17H2,2-5H3,(H,28,29)/t19-,26-. The van der Waals surface area contributed by atoms with E-state index in [9.17, 15) is 4.79 Å². The van der Waals surface area contributed by atoms with E-state index in [1.54, 1.807) is 0 Å². The molecule has 0 atom stereocenters. The zero-order valence-electron chi connectivity index (χ0n) is 19.6. The summed E-state index contributed by atoms with van der Waals surface area (Å²) in [5, 5.41) is 2.95. The summed E-state index contributed by atoms with van der Waals surface area (Å²) in [6.07, 6.45) is 13.4. The van der Waals surface area contributed by atoms with Crippen LogP contribution in [0.15, 0.2) is 18.2 Å². The molecule has 1 aliphatic heterocycles. The van der Waals surface area contributed by atoms with Crippen LogP contribution in [0, 0.1) is 18.3 Å². The lowest BCUT2D eigenvalue weighted by Crippen LogP contribution is -2.41. The van der Waals surface area contributed by atoms with Gasteiger partial charge in [0.1, 0.15) is 0 Å². The van der Waals surface area contributed by atoms with Crippen LogP contribution in [0.1, 0.15) is 83.8 Å².